The van der Waals surface area contributed by atoms with Crippen LogP contribution in [0.25, 0.3) is 0 Å². The smallest absolute Gasteiger partial charge is 0.223 e. The molecule has 0 unspecified atom stereocenters. The standard InChI is InChI=1S/C15H20N2O2/c1-11(18)17-9-3-4-12-10-13(6-7-14(12)17)15(19)5-2-8-16/h6-7,10H,2-5,8-9,16H2,1H3. The highest BCUT2D eigenvalue weighted by molar-refractivity contribution is 5.98. The predicted molar refractivity (Wildman–Crippen MR) is 75.4 cm³/mol. The normalized spacial score (nSPS) is 14.1. The van der Waals surface area contributed by atoms with Gasteiger partial charge in [-0.1, -0.05) is 0 Å². The molecule has 1 aliphatic rings. The van der Waals surface area contributed by atoms with Gasteiger partial charge in [0, 0.05) is 31.1 Å². The zero-order valence-electron chi connectivity index (χ0n) is 11.3. The first kappa shape index (κ1) is 13.7. The Labute approximate surface area is 113 Å². The number of carbonyl (C=O) groups excluding carboxylic acids is 2. The molecular formula is C15H20N2O2. The number of rotatable bonds is 4. The lowest BCUT2D eigenvalue weighted by molar-refractivity contribution is -0.116. The van der Waals surface area contributed by atoms with Crippen molar-refractivity contribution in [3.8, 4) is 0 Å². The maximum absolute atomic E-state index is 12.0. The van der Waals surface area contributed by atoms with Crippen molar-refractivity contribution in [2.75, 3.05) is 18.0 Å². The highest BCUT2D eigenvalue weighted by atomic mass is 16.2. The molecule has 1 heterocycles. The summed E-state index contributed by atoms with van der Waals surface area (Å²) >= 11 is 0. The van der Waals surface area contributed by atoms with Gasteiger partial charge in [-0.05, 0) is 49.6 Å². The molecule has 1 amide bonds. The highest BCUT2D eigenvalue weighted by Gasteiger charge is 2.20. The number of hydrogen-bond donors (Lipinski definition) is 1. The topological polar surface area (TPSA) is 63.4 Å². The summed E-state index contributed by atoms with van der Waals surface area (Å²) in [6.07, 6.45) is 3.09. The second kappa shape index (κ2) is 5.97. The van der Waals surface area contributed by atoms with E-state index >= 15 is 0 Å². The molecule has 1 aromatic carbocycles. The van der Waals surface area contributed by atoms with Crippen molar-refractivity contribution in [3.63, 3.8) is 0 Å². The molecule has 102 valence electrons. The minimum absolute atomic E-state index is 0.0585. The summed E-state index contributed by atoms with van der Waals surface area (Å²) in [4.78, 5) is 25.3. The maximum atomic E-state index is 12.0. The van der Waals surface area contributed by atoms with Crippen LogP contribution in [0.5, 0.6) is 0 Å². The summed E-state index contributed by atoms with van der Waals surface area (Å²) in [6.45, 7) is 2.88. The predicted octanol–water partition coefficient (Wildman–Crippen LogP) is 1.91. The van der Waals surface area contributed by atoms with E-state index in [1.807, 2.05) is 18.2 Å². The highest BCUT2D eigenvalue weighted by Crippen LogP contribution is 2.28. The average Bonchev–Trinajstić information content (AvgIpc) is 2.43. The summed E-state index contributed by atoms with van der Waals surface area (Å²) < 4.78 is 0. The van der Waals surface area contributed by atoms with Crippen LogP contribution in [0.4, 0.5) is 5.69 Å². The van der Waals surface area contributed by atoms with Crippen LogP contribution < -0.4 is 10.6 Å². The zero-order chi connectivity index (χ0) is 13.8. The van der Waals surface area contributed by atoms with Crippen LogP contribution in [0.15, 0.2) is 18.2 Å². The number of nitrogens with zero attached hydrogens (tertiary/aromatic N) is 1. The second-order valence-corrected chi connectivity index (χ2v) is 4.93. The largest absolute Gasteiger partial charge is 0.330 e. The van der Waals surface area contributed by atoms with E-state index < -0.39 is 0 Å². The minimum Gasteiger partial charge on any atom is -0.330 e. The fourth-order valence-electron chi connectivity index (χ4n) is 2.50. The van der Waals surface area contributed by atoms with E-state index in [1.165, 1.54) is 0 Å². The Balaban J connectivity index is 2.24. The lowest BCUT2D eigenvalue weighted by atomic mass is 9.96. The van der Waals surface area contributed by atoms with Crippen LogP contribution in [0, 0.1) is 0 Å². The molecule has 2 N–H and O–H groups in total. The van der Waals surface area contributed by atoms with Crippen molar-refractivity contribution in [2.45, 2.75) is 32.6 Å². The molecule has 1 aliphatic heterocycles. The van der Waals surface area contributed by atoms with E-state index in [4.69, 9.17) is 5.73 Å². The van der Waals surface area contributed by atoms with E-state index in [2.05, 4.69) is 0 Å². The van der Waals surface area contributed by atoms with E-state index in [0.29, 0.717) is 13.0 Å². The number of ketones is 1. The zero-order valence-corrected chi connectivity index (χ0v) is 11.3. The van der Waals surface area contributed by atoms with E-state index in [1.54, 1.807) is 11.8 Å². The first-order chi connectivity index (χ1) is 9.13. The maximum Gasteiger partial charge on any atom is 0.223 e. The molecule has 19 heavy (non-hydrogen) atoms. The van der Waals surface area contributed by atoms with Gasteiger partial charge in [-0.25, -0.2) is 0 Å². The SMILES string of the molecule is CC(=O)N1CCCc2cc(C(=O)CCCN)ccc21. The van der Waals surface area contributed by atoms with Gasteiger partial charge in [-0.3, -0.25) is 9.59 Å². The van der Waals surface area contributed by atoms with Crippen molar-refractivity contribution in [2.24, 2.45) is 5.73 Å². The third-order valence-corrected chi connectivity index (χ3v) is 3.51. The van der Waals surface area contributed by atoms with Crippen LogP contribution in [-0.4, -0.2) is 24.8 Å². The van der Waals surface area contributed by atoms with Crippen LogP contribution in [0.1, 0.15) is 42.1 Å². The molecular weight excluding hydrogens is 240 g/mol. The fraction of sp³-hybridized carbons (Fsp3) is 0.467. The summed E-state index contributed by atoms with van der Waals surface area (Å²) in [6, 6.07) is 5.65. The molecule has 0 fully saturated rings. The number of benzene rings is 1. The first-order valence-corrected chi connectivity index (χ1v) is 6.78. The molecule has 0 bridgehead atoms. The van der Waals surface area contributed by atoms with Gasteiger partial charge in [-0.2, -0.15) is 0 Å². The van der Waals surface area contributed by atoms with Crippen molar-refractivity contribution in [1.82, 2.24) is 0 Å². The lowest BCUT2D eigenvalue weighted by Crippen LogP contribution is -2.33. The lowest BCUT2D eigenvalue weighted by Gasteiger charge is -2.28. The number of fused-ring (bicyclic) bond motifs is 1. The van der Waals surface area contributed by atoms with Crippen molar-refractivity contribution < 1.29 is 9.59 Å². The first-order valence-electron chi connectivity index (χ1n) is 6.78. The number of amides is 1. The minimum atomic E-state index is 0.0585. The van der Waals surface area contributed by atoms with Crippen molar-refractivity contribution in [3.05, 3.63) is 29.3 Å². The Kier molecular flexibility index (Phi) is 4.32. The molecule has 0 atom stereocenters. The Morgan fingerprint density at radius 3 is 2.84 bits per heavy atom. The number of Topliss-reactive ketones (excluding diaryl/α,β-unsaturated/α-hetero) is 1. The van der Waals surface area contributed by atoms with Crippen LogP contribution in [0.3, 0.4) is 0 Å². The molecule has 0 spiro atoms. The summed E-state index contributed by atoms with van der Waals surface area (Å²) in [5, 5.41) is 0. The van der Waals surface area contributed by atoms with Crippen molar-refractivity contribution >= 4 is 17.4 Å². The molecule has 0 aromatic heterocycles. The molecule has 4 nitrogen and oxygen atoms in total. The van der Waals surface area contributed by atoms with E-state index in [0.717, 1.165) is 42.6 Å². The van der Waals surface area contributed by atoms with Gasteiger partial charge in [0.15, 0.2) is 5.78 Å². The number of carbonyl (C=O) groups is 2. The molecule has 0 saturated carbocycles. The molecule has 0 radical (unpaired) electrons. The molecule has 4 heteroatoms. The van der Waals surface area contributed by atoms with Gasteiger partial charge in [0.2, 0.25) is 5.91 Å². The molecule has 2 rings (SSSR count). The van der Waals surface area contributed by atoms with Gasteiger partial charge >= 0.3 is 0 Å². The Bertz CT molecular complexity index is 497. The summed E-state index contributed by atoms with van der Waals surface area (Å²) in [5.41, 5.74) is 8.20. The van der Waals surface area contributed by atoms with E-state index in [-0.39, 0.29) is 11.7 Å². The quantitative estimate of drug-likeness (QED) is 0.841. The monoisotopic (exact) mass is 260 g/mol. The summed E-state index contributed by atoms with van der Waals surface area (Å²) in [7, 11) is 0. The number of aryl methyl sites for hydroxylation is 1. The summed E-state index contributed by atoms with van der Waals surface area (Å²) in [5.74, 6) is 0.191. The molecule has 0 saturated heterocycles. The second-order valence-electron chi connectivity index (χ2n) is 4.93. The van der Waals surface area contributed by atoms with Crippen LogP contribution >= 0.6 is 0 Å². The van der Waals surface area contributed by atoms with Gasteiger partial charge in [-0.15, -0.1) is 0 Å². The molecule has 1 aromatic rings. The number of nitrogens with two attached hydrogens (primary N) is 1. The van der Waals surface area contributed by atoms with Gasteiger partial charge in [0.25, 0.3) is 0 Å². The third-order valence-electron chi connectivity index (χ3n) is 3.51. The third kappa shape index (κ3) is 3.01. The molecule has 0 aliphatic carbocycles. The Morgan fingerprint density at radius 2 is 2.16 bits per heavy atom. The van der Waals surface area contributed by atoms with E-state index in [9.17, 15) is 9.59 Å². The van der Waals surface area contributed by atoms with Crippen LogP contribution in [0.2, 0.25) is 0 Å². The van der Waals surface area contributed by atoms with Crippen molar-refractivity contribution in [1.29, 1.82) is 0 Å². The number of hydrogen-bond acceptors (Lipinski definition) is 3. The Morgan fingerprint density at radius 1 is 1.37 bits per heavy atom. The van der Waals surface area contributed by atoms with Gasteiger partial charge < -0.3 is 10.6 Å². The average molecular weight is 260 g/mol. The van der Waals surface area contributed by atoms with Gasteiger partial charge in [0.05, 0.1) is 0 Å². The number of anilines is 1. The van der Waals surface area contributed by atoms with Gasteiger partial charge in [0.1, 0.15) is 0 Å². The Hall–Kier alpha value is -1.68. The fourth-order valence-corrected chi connectivity index (χ4v) is 2.50. The van der Waals surface area contributed by atoms with Crippen LogP contribution in [-0.2, 0) is 11.2 Å².